The van der Waals surface area contributed by atoms with Crippen LogP contribution in [0, 0.1) is 6.92 Å². The van der Waals surface area contributed by atoms with Crippen LogP contribution in [-0.2, 0) is 4.79 Å². The van der Waals surface area contributed by atoms with Crippen molar-refractivity contribution in [3.05, 3.63) is 113 Å². The van der Waals surface area contributed by atoms with Gasteiger partial charge in [-0.3, -0.25) is 9.59 Å². The number of hydrogen-bond acceptors (Lipinski definition) is 5. The average Bonchev–Trinajstić information content (AvgIpc) is 3.32. The predicted molar refractivity (Wildman–Crippen MR) is 156 cm³/mol. The molecule has 0 unspecified atom stereocenters. The van der Waals surface area contributed by atoms with Crippen LogP contribution in [0.3, 0.4) is 0 Å². The molecule has 0 aliphatic rings. The standard InChI is InChI=1S/C32H26ClN3O4/c1-20-5-4-6-27(19-20)36-32(40-21(2)37)29(30(35-36)23-11-17-28(39-3)18-12-23)22-9-15-26(16-10-22)34-31(38)24-7-13-25(33)14-8-24/h4-19H,1-3H3,(H,34,38). The van der Waals surface area contributed by atoms with E-state index in [0.29, 0.717) is 39.2 Å². The van der Waals surface area contributed by atoms with Crippen molar-refractivity contribution < 1.29 is 19.1 Å². The second-order valence-electron chi connectivity index (χ2n) is 9.14. The molecule has 8 heteroatoms. The number of benzene rings is 4. The molecule has 1 aromatic heterocycles. The Balaban J connectivity index is 1.60. The maximum atomic E-state index is 12.7. The normalized spacial score (nSPS) is 10.7. The lowest BCUT2D eigenvalue weighted by atomic mass is 10.0. The number of aryl methyl sites for hydroxylation is 1. The minimum atomic E-state index is -0.469. The summed E-state index contributed by atoms with van der Waals surface area (Å²) in [7, 11) is 1.61. The molecule has 0 fully saturated rings. The lowest BCUT2D eigenvalue weighted by Crippen LogP contribution is -2.11. The molecule has 1 heterocycles. The average molecular weight is 552 g/mol. The van der Waals surface area contributed by atoms with E-state index in [1.54, 1.807) is 48.2 Å². The Labute approximate surface area is 236 Å². The van der Waals surface area contributed by atoms with E-state index in [0.717, 1.165) is 22.4 Å². The van der Waals surface area contributed by atoms with Gasteiger partial charge in [0.15, 0.2) is 0 Å². The largest absolute Gasteiger partial charge is 0.497 e. The summed E-state index contributed by atoms with van der Waals surface area (Å²) in [4.78, 5) is 25.0. The smallest absolute Gasteiger partial charge is 0.309 e. The molecule has 0 atom stereocenters. The van der Waals surface area contributed by atoms with Gasteiger partial charge in [0.1, 0.15) is 11.4 Å². The van der Waals surface area contributed by atoms with Crippen LogP contribution < -0.4 is 14.8 Å². The van der Waals surface area contributed by atoms with Gasteiger partial charge in [0.25, 0.3) is 5.91 Å². The van der Waals surface area contributed by atoms with Crippen molar-refractivity contribution in [1.82, 2.24) is 9.78 Å². The molecule has 0 saturated heterocycles. The molecule has 5 rings (SSSR count). The monoisotopic (exact) mass is 551 g/mol. The predicted octanol–water partition coefficient (Wildman–Crippen LogP) is 7.35. The van der Waals surface area contributed by atoms with E-state index in [-0.39, 0.29) is 5.91 Å². The van der Waals surface area contributed by atoms with Crippen LogP contribution in [-0.4, -0.2) is 28.8 Å². The Kier molecular flexibility index (Phi) is 7.66. The first kappa shape index (κ1) is 26.7. The molecule has 0 spiro atoms. The van der Waals surface area contributed by atoms with Crippen molar-refractivity contribution in [3.63, 3.8) is 0 Å². The van der Waals surface area contributed by atoms with Gasteiger partial charge in [0, 0.05) is 28.8 Å². The zero-order valence-corrected chi connectivity index (χ0v) is 22.9. The molecule has 7 nitrogen and oxygen atoms in total. The number of rotatable bonds is 7. The highest BCUT2D eigenvalue weighted by Crippen LogP contribution is 2.41. The Hall–Kier alpha value is -4.88. The summed E-state index contributed by atoms with van der Waals surface area (Å²) >= 11 is 5.94. The molecule has 5 aromatic rings. The Morgan fingerprint density at radius 3 is 2.17 bits per heavy atom. The third-order valence-corrected chi connectivity index (χ3v) is 6.48. The zero-order valence-electron chi connectivity index (χ0n) is 22.1. The molecular weight excluding hydrogens is 526 g/mol. The van der Waals surface area contributed by atoms with E-state index in [1.165, 1.54) is 6.92 Å². The summed E-state index contributed by atoms with van der Waals surface area (Å²) in [5.41, 5.74) is 5.72. The van der Waals surface area contributed by atoms with E-state index >= 15 is 0 Å². The fraction of sp³-hybridized carbons (Fsp3) is 0.0938. The number of halogens is 1. The van der Waals surface area contributed by atoms with Crippen molar-refractivity contribution in [1.29, 1.82) is 0 Å². The fourth-order valence-corrected chi connectivity index (χ4v) is 4.43. The number of hydrogen-bond donors (Lipinski definition) is 1. The number of amides is 1. The second kappa shape index (κ2) is 11.5. The first-order valence-electron chi connectivity index (χ1n) is 12.5. The number of nitrogens with zero attached hydrogens (tertiary/aromatic N) is 2. The summed E-state index contributed by atoms with van der Waals surface area (Å²) in [6.45, 7) is 3.35. The highest BCUT2D eigenvalue weighted by Gasteiger charge is 2.25. The molecule has 40 heavy (non-hydrogen) atoms. The van der Waals surface area contributed by atoms with E-state index in [2.05, 4.69) is 5.32 Å². The third kappa shape index (κ3) is 5.75. The topological polar surface area (TPSA) is 82.4 Å². The maximum Gasteiger partial charge on any atom is 0.309 e. The molecular formula is C32H26ClN3O4. The Morgan fingerprint density at radius 1 is 0.875 bits per heavy atom. The molecule has 1 amide bonds. The van der Waals surface area contributed by atoms with E-state index in [1.807, 2.05) is 67.6 Å². The van der Waals surface area contributed by atoms with Crippen LogP contribution in [0.1, 0.15) is 22.8 Å². The number of methoxy groups -OCH3 is 1. The SMILES string of the molecule is COc1ccc(-c2nn(-c3cccc(C)c3)c(OC(C)=O)c2-c2ccc(NC(=O)c3ccc(Cl)cc3)cc2)cc1. The highest BCUT2D eigenvalue weighted by atomic mass is 35.5. The Morgan fingerprint density at radius 2 is 1.55 bits per heavy atom. The molecule has 200 valence electrons. The van der Waals surface area contributed by atoms with Crippen LogP contribution in [0.2, 0.25) is 5.02 Å². The first-order chi connectivity index (χ1) is 19.3. The summed E-state index contributed by atoms with van der Waals surface area (Å²) in [5, 5.41) is 8.37. The van der Waals surface area contributed by atoms with Gasteiger partial charge >= 0.3 is 5.97 Å². The van der Waals surface area contributed by atoms with Crippen molar-refractivity contribution in [3.8, 4) is 39.7 Å². The lowest BCUT2D eigenvalue weighted by molar-refractivity contribution is -0.132. The number of carbonyl (C=O) groups is 2. The van der Waals surface area contributed by atoms with Gasteiger partial charge in [-0.25, -0.2) is 0 Å². The summed E-state index contributed by atoms with van der Waals surface area (Å²) in [6, 6.07) is 29.3. The highest BCUT2D eigenvalue weighted by molar-refractivity contribution is 6.30. The van der Waals surface area contributed by atoms with Gasteiger partial charge in [0.2, 0.25) is 5.88 Å². The van der Waals surface area contributed by atoms with Crippen LogP contribution in [0.4, 0.5) is 5.69 Å². The maximum absolute atomic E-state index is 12.7. The molecule has 1 N–H and O–H groups in total. The quantitative estimate of drug-likeness (QED) is 0.214. The van der Waals surface area contributed by atoms with Crippen molar-refractivity contribution >= 4 is 29.2 Å². The molecule has 0 aliphatic heterocycles. The number of esters is 1. The first-order valence-corrected chi connectivity index (χ1v) is 12.9. The summed E-state index contributed by atoms with van der Waals surface area (Å²) in [5.74, 6) is 0.283. The fourth-order valence-electron chi connectivity index (χ4n) is 4.30. The minimum Gasteiger partial charge on any atom is -0.497 e. The van der Waals surface area contributed by atoms with Crippen LogP contribution in [0.5, 0.6) is 11.6 Å². The number of anilines is 1. The molecule has 0 bridgehead atoms. The zero-order chi connectivity index (χ0) is 28.2. The molecule has 0 saturated carbocycles. The Bertz CT molecular complexity index is 1680. The summed E-state index contributed by atoms with van der Waals surface area (Å²) in [6.07, 6.45) is 0. The van der Waals surface area contributed by atoms with E-state index < -0.39 is 5.97 Å². The van der Waals surface area contributed by atoms with Gasteiger partial charge in [-0.15, -0.1) is 0 Å². The summed E-state index contributed by atoms with van der Waals surface area (Å²) < 4.78 is 12.8. The molecule has 0 aliphatic carbocycles. The lowest BCUT2D eigenvalue weighted by Gasteiger charge is -2.11. The minimum absolute atomic E-state index is 0.254. The van der Waals surface area contributed by atoms with E-state index in [9.17, 15) is 9.59 Å². The molecule has 0 radical (unpaired) electrons. The van der Waals surface area contributed by atoms with Crippen LogP contribution in [0.15, 0.2) is 97.1 Å². The van der Waals surface area contributed by atoms with Gasteiger partial charge < -0.3 is 14.8 Å². The van der Waals surface area contributed by atoms with Gasteiger partial charge in [0.05, 0.1) is 18.4 Å². The molecule has 4 aromatic carbocycles. The van der Waals surface area contributed by atoms with Gasteiger partial charge in [-0.2, -0.15) is 9.78 Å². The van der Waals surface area contributed by atoms with Crippen LogP contribution in [0.25, 0.3) is 28.1 Å². The van der Waals surface area contributed by atoms with Crippen molar-refractivity contribution in [2.75, 3.05) is 12.4 Å². The number of nitrogens with one attached hydrogen (secondary N) is 1. The van der Waals surface area contributed by atoms with Crippen LogP contribution >= 0.6 is 11.6 Å². The van der Waals surface area contributed by atoms with E-state index in [4.69, 9.17) is 26.2 Å². The van der Waals surface area contributed by atoms with Crippen molar-refractivity contribution in [2.24, 2.45) is 0 Å². The number of carbonyl (C=O) groups excluding carboxylic acids is 2. The number of aromatic nitrogens is 2. The third-order valence-electron chi connectivity index (χ3n) is 6.23. The van der Waals surface area contributed by atoms with Gasteiger partial charge in [-0.05, 0) is 90.8 Å². The van der Waals surface area contributed by atoms with Gasteiger partial charge in [-0.1, -0.05) is 35.9 Å². The number of ether oxygens (including phenoxy) is 2. The van der Waals surface area contributed by atoms with Crippen molar-refractivity contribution in [2.45, 2.75) is 13.8 Å². The second-order valence-corrected chi connectivity index (χ2v) is 9.58.